The monoisotopic (exact) mass is 231 g/mol. The fraction of sp³-hybridized carbons (Fsp3) is 0.750. The van der Waals surface area contributed by atoms with Gasteiger partial charge < -0.3 is 5.32 Å². The van der Waals surface area contributed by atoms with E-state index in [1.165, 1.54) is 6.08 Å². The number of hydrogen-bond donors (Lipinski definition) is 1. The Kier molecular flexibility index (Phi) is 6.66. The maximum Gasteiger partial charge on any atom is 0.243 e. The van der Waals surface area contributed by atoms with Gasteiger partial charge in [0.05, 0.1) is 0 Å². The number of amides is 1. The molecular weight excluding hydrogens is 210 g/mol. The average Bonchev–Trinajstić information content (AvgIpc) is 2.28. The van der Waals surface area contributed by atoms with Crippen molar-refractivity contribution >= 4 is 17.5 Å². The molecule has 1 atom stereocenters. The van der Waals surface area contributed by atoms with Gasteiger partial charge in [-0.25, -0.2) is 0 Å². The van der Waals surface area contributed by atoms with Gasteiger partial charge in [0.2, 0.25) is 5.91 Å². The van der Waals surface area contributed by atoms with Crippen LogP contribution >= 0.6 is 11.6 Å². The van der Waals surface area contributed by atoms with Crippen LogP contribution in [0.25, 0.3) is 0 Å². The lowest BCUT2D eigenvalue weighted by Gasteiger charge is -2.33. The molecule has 0 radical (unpaired) electrons. The first-order valence-electron chi connectivity index (χ1n) is 5.63. The Labute approximate surface area is 98.1 Å². The molecule has 0 aromatic rings. The first-order chi connectivity index (χ1) is 7.03. The first-order valence-corrected chi connectivity index (χ1v) is 6.01. The SMILES string of the molecule is C=CC(=O)NCC(CC)C(Cl)(CC)CC. The Hall–Kier alpha value is -0.500. The molecule has 0 spiro atoms. The van der Waals surface area contributed by atoms with E-state index in [1.54, 1.807) is 0 Å². The molecule has 0 aromatic heterocycles. The van der Waals surface area contributed by atoms with Crippen LogP contribution in [0.2, 0.25) is 0 Å². The number of nitrogens with one attached hydrogen (secondary N) is 1. The van der Waals surface area contributed by atoms with E-state index in [0.717, 1.165) is 19.3 Å². The summed E-state index contributed by atoms with van der Waals surface area (Å²) >= 11 is 6.52. The Morgan fingerprint density at radius 2 is 2.00 bits per heavy atom. The van der Waals surface area contributed by atoms with Gasteiger partial charge in [-0.15, -0.1) is 11.6 Å². The molecule has 3 heteroatoms. The summed E-state index contributed by atoms with van der Waals surface area (Å²) in [5.74, 6) is 0.192. The molecule has 0 saturated heterocycles. The van der Waals surface area contributed by atoms with Gasteiger partial charge >= 0.3 is 0 Å². The smallest absolute Gasteiger partial charge is 0.243 e. The molecular formula is C12H22ClNO. The van der Waals surface area contributed by atoms with Crippen LogP contribution in [0.3, 0.4) is 0 Å². The summed E-state index contributed by atoms with van der Waals surface area (Å²) in [6, 6.07) is 0. The standard InChI is InChI=1S/C12H22ClNO/c1-5-10(9-14-11(15)6-2)12(13,7-3)8-4/h6,10H,2,5,7-9H2,1,3-4H3,(H,14,15). The Morgan fingerprint density at radius 1 is 1.47 bits per heavy atom. The number of alkyl halides is 1. The highest BCUT2D eigenvalue weighted by atomic mass is 35.5. The molecule has 0 aliphatic heterocycles. The van der Waals surface area contributed by atoms with Crippen LogP contribution in [0.5, 0.6) is 0 Å². The molecule has 0 aromatic carbocycles. The van der Waals surface area contributed by atoms with Crippen LogP contribution < -0.4 is 5.32 Å². The minimum Gasteiger partial charge on any atom is -0.352 e. The summed E-state index contributed by atoms with van der Waals surface area (Å²) in [6.45, 7) is 10.3. The third-order valence-corrected chi connectivity index (χ3v) is 3.95. The van der Waals surface area contributed by atoms with E-state index in [2.05, 4.69) is 32.7 Å². The normalized spacial score (nSPS) is 13.3. The molecule has 15 heavy (non-hydrogen) atoms. The predicted octanol–water partition coefficient (Wildman–Crippen LogP) is 3.11. The van der Waals surface area contributed by atoms with Gasteiger partial charge in [-0.1, -0.05) is 27.4 Å². The van der Waals surface area contributed by atoms with E-state index in [4.69, 9.17) is 11.6 Å². The zero-order valence-electron chi connectivity index (χ0n) is 9.98. The molecule has 2 nitrogen and oxygen atoms in total. The van der Waals surface area contributed by atoms with Gasteiger partial charge in [-0.2, -0.15) is 0 Å². The number of carbonyl (C=O) groups is 1. The Balaban J connectivity index is 4.34. The summed E-state index contributed by atoms with van der Waals surface area (Å²) in [5, 5.41) is 2.82. The summed E-state index contributed by atoms with van der Waals surface area (Å²) in [6.07, 6.45) is 4.12. The highest BCUT2D eigenvalue weighted by Gasteiger charge is 2.32. The molecule has 1 amide bonds. The highest BCUT2D eigenvalue weighted by Crippen LogP contribution is 2.34. The van der Waals surface area contributed by atoms with Crippen molar-refractivity contribution in [1.29, 1.82) is 0 Å². The van der Waals surface area contributed by atoms with E-state index < -0.39 is 0 Å². The third kappa shape index (κ3) is 4.25. The molecule has 1 N–H and O–H groups in total. The largest absolute Gasteiger partial charge is 0.352 e. The summed E-state index contributed by atoms with van der Waals surface area (Å²) in [5.41, 5.74) is 0. The van der Waals surface area contributed by atoms with Crippen molar-refractivity contribution in [3.63, 3.8) is 0 Å². The van der Waals surface area contributed by atoms with Crippen LogP contribution in [0.1, 0.15) is 40.0 Å². The van der Waals surface area contributed by atoms with Crippen molar-refractivity contribution in [2.45, 2.75) is 44.9 Å². The zero-order valence-corrected chi connectivity index (χ0v) is 10.7. The fourth-order valence-corrected chi connectivity index (χ4v) is 2.05. The summed E-state index contributed by atoms with van der Waals surface area (Å²) in [7, 11) is 0. The Bertz CT molecular complexity index is 212. The van der Waals surface area contributed by atoms with Crippen molar-refractivity contribution in [1.82, 2.24) is 5.32 Å². The molecule has 0 fully saturated rings. The maximum atomic E-state index is 11.1. The van der Waals surface area contributed by atoms with Gasteiger partial charge in [-0.3, -0.25) is 4.79 Å². The van der Waals surface area contributed by atoms with Crippen LogP contribution in [-0.2, 0) is 4.79 Å². The van der Waals surface area contributed by atoms with E-state index in [-0.39, 0.29) is 10.8 Å². The zero-order chi connectivity index (χ0) is 11.9. The molecule has 0 aliphatic rings. The van der Waals surface area contributed by atoms with Crippen molar-refractivity contribution in [2.24, 2.45) is 5.92 Å². The molecule has 1 unspecified atom stereocenters. The predicted molar refractivity (Wildman–Crippen MR) is 66.2 cm³/mol. The quantitative estimate of drug-likeness (QED) is 0.530. The van der Waals surface area contributed by atoms with Crippen molar-refractivity contribution in [3.05, 3.63) is 12.7 Å². The minimum absolute atomic E-state index is 0.125. The van der Waals surface area contributed by atoms with Gasteiger partial charge in [0.15, 0.2) is 0 Å². The highest BCUT2D eigenvalue weighted by molar-refractivity contribution is 6.24. The van der Waals surface area contributed by atoms with E-state index in [9.17, 15) is 4.79 Å². The van der Waals surface area contributed by atoms with Crippen LogP contribution in [0.4, 0.5) is 0 Å². The van der Waals surface area contributed by atoms with Gasteiger partial charge in [0.1, 0.15) is 0 Å². The third-order valence-electron chi connectivity index (χ3n) is 3.11. The lowest BCUT2D eigenvalue weighted by Crippen LogP contribution is -2.39. The van der Waals surface area contributed by atoms with E-state index in [1.807, 2.05) is 0 Å². The van der Waals surface area contributed by atoms with Crippen molar-refractivity contribution in [3.8, 4) is 0 Å². The van der Waals surface area contributed by atoms with Crippen LogP contribution in [-0.4, -0.2) is 17.3 Å². The number of carbonyl (C=O) groups excluding carboxylic acids is 1. The second kappa shape index (κ2) is 6.89. The van der Waals surface area contributed by atoms with Gasteiger partial charge in [0, 0.05) is 11.4 Å². The van der Waals surface area contributed by atoms with Crippen LogP contribution in [0, 0.1) is 5.92 Å². The van der Waals surface area contributed by atoms with Gasteiger partial charge in [-0.05, 0) is 31.3 Å². The molecule has 0 rings (SSSR count). The second-order valence-electron chi connectivity index (χ2n) is 3.80. The van der Waals surface area contributed by atoms with Crippen molar-refractivity contribution < 1.29 is 4.79 Å². The average molecular weight is 232 g/mol. The molecule has 0 bridgehead atoms. The topological polar surface area (TPSA) is 29.1 Å². The number of rotatable bonds is 7. The summed E-state index contributed by atoms with van der Waals surface area (Å²) < 4.78 is 0. The van der Waals surface area contributed by atoms with E-state index >= 15 is 0 Å². The minimum atomic E-state index is -0.191. The lowest BCUT2D eigenvalue weighted by atomic mass is 9.85. The molecule has 88 valence electrons. The molecule has 0 heterocycles. The Morgan fingerprint density at radius 3 is 2.33 bits per heavy atom. The van der Waals surface area contributed by atoms with Crippen LogP contribution in [0.15, 0.2) is 12.7 Å². The first kappa shape index (κ1) is 14.5. The molecule has 0 saturated carbocycles. The van der Waals surface area contributed by atoms with E-state index in [0.29, 0.717) is 12.5 Å². The number of halogens is 1. The number of hydrogen-bond acceptors (Lipinski definition) is 1. The van der Waals surface area contributed by atoms with Crippen molar-refractivity contribution in [2.75, 3.05) is 6.54 Å². The second-order valence-corrected chi connectivity index (χ2v) is 4.55. The lowest BCUT2D eigenvalue weighted by molar-refractivity contribution is -0.116. The molecule has 0 aliphatic carbocycles. The van der Waals surface area contributed by atoms with Gasteiger partial charge in [0.25, 0.3) is 0 Å². The maximum absolute atomic E-state index is 11.1. The fourth-order valence-electron chi connectivity index (χ4n) is 1.82. The summed E-state index contributed by atoms with van der Waals surface area (Å²) in [4.78, 5) is 10.9.